The van der Waals surface area contributed by atoms with E-state index < -0.39 is 5.91 Å². The number of carbonyl (C=O) groups excluding carboxylic acids is 2. The summed E-state index contributed by atoms with van der Waals surface area (Å²) in [6, 6.07) is 4.78. The van der Waals surface area contributed by atoms with Crippen molar-refractivity contribution in [3.05, 3.63) is 23.8 Å². The predicted molar refractivity (Wildman–Crippen MR) is 54.1 cm³/mol. The van der Waals surface area contributed by atoms with Crippen LogP contribution in [0.3, 0.4) is 0 Å². The average molecular weight is 222 g/mol. The molecule has 0 saturated carbocycles. The van der Waals surface area contributed by atoms with Crippen LogP contribution in [0.5, 0.6) is 11.5 Å². The van der Waals surface area contributed by atoms with Gasteiger partial charge in [0.25, 0.3) is 5.91 Å². The van der Waals surface area contributed by atoms with Crippen LogP contribution in [-0.2, 0) is 4.79 Å². The summed E-state index contributed by atoms with van der Waals surface area (Å²) in [5.74, 6) is 0.157. The quantitative estimate of drug-likeness (QED) is 0.730. The highest BCUT2D eigenvalue weighted by Crippen LogP contribution is 2.32. The molecule has 2 rings (SSSR count). The number of ether oxygens (including phenoxy) is 2. The number of rotatable bonds is 3. The van der Waals surface area contributed by atoms with Crippen LogP contribution in [0.25, 0.3) is 0 Å². The van der Waals surface area contributed by atoms with Gasteiger partial charge in [-0.05, 0) is 18.2 Å². The Labute approximate surface area is 91.3 Å². The second-order valence-corrected chi connectivity index (χ2v) is 3.22. The van der Waals surface area contributed by atoms with Gasteiger partial charge in [0.05, 0.1) is 6.54 Å². The van der Waals surface area contributed by atoms with Crippen LogP contribution in [0.2, 0.25) is 0 Å². The van der Waals surface area contributed by atoms with Crippen molar-refractivity contribution < 1.29 is 19.1 Å². The van der Waals surface area contributed by atoms with E-state index in [1.54, 1.807) is 18.2 Å². The van der Waals surface area contributed by atoms with Gasteiger partial charge < -0.3 is 20.5 Å². The van der Waals surface area contributed by atoms with E-state index in [2.05, 4.69) is 5.32 Å². The van der Waals surface area contributed by atoms with Crippen LogP contribution in [0.15, 0.2) is 18.2 Å². The third kappa shape index (κ3) is 2.05. The molecule has 0 aromatic heterocycles. The van der Waals surface area contributed by atoms with Gasteiger partial charge in [0.15, 0.2) is 11.5 Å². The lowest BCUT2D eigenvalue weighted by Crippen LogP contribution is -2.33. The van der Waals surface area contributed by atoms with Crippen LogP contribution in [0.4, 0.5) is 0 Å². The normalized spacial score (nSPS) is 12.2. The number of carbonyl (C=O) groups is 2. The molecule has 0 radical (unpaired) electrons. The molecule has 0 atom stereocenters. The Morgan fingerprint density at radius 1 is 1.31 bits per heavy atom. The van der Waals surface area contributed by atoms with Gasteiger partial charge in [0.2, 0.25) is 12.7 Å². The highest BCUT2D eigenvalue weighted by atomic mass is 16.7. The van der Waals surface area contributed by atoms with Crippen LogP contribution in [0, 0.1) is 0 Å². The van der Waals surface area contributed by atoms with E-state index in [1.165, 1.54) is 0 Å². The van der Waals surface area contributed by atoms with Gasteiger partial charge in [-0.1, -0.05) is 0 Å². The Morgan fingerprint density at radius 2 is 2.06 bits per heavy atom. The summed E-state index contributed by atoms with van der Waals surface area (Å²) in [4.78, 5) is 22.0. The molecule has 1 aromatic rings. The second kappa shape index (κ2) is 4.09. The van der Waals surface area contributed by atoms with Gasteiger partial charge in [0, 0.05) is 5.56 Å². The highest BCUT2D eigenvalue weighted by Gasteiger charge is 2.16. The number of nitrogens with one attached hydrogen (secondary N) is 1. The first-order chi connectivity index (χ1) is 7.66. The number of hydrogen-bond donors (Lipinski definition) is 2. The lowest BCUT2D eigenvalue weighted by molar-refractivity contribution is -0.117. The van der Waals surface area contributed by atoms with E-state index >= 15 is 0 Å². The summed E-state index contributed by atoms with van der Waals surface area (Å²) < 4.78 is 10.2. The standard InChI is InChI=1S/C10H10N2O4/c11-9(13)4-12-10(14)6-1-2-7-8(3-6)16-5-15-7/h1-3H,4-5H2,(H2,11,13)(H,12,14). The maximum absolute atomic E-state index is 11.5. The zero-order valence-corrected chi connectivity index (χ0v) is 8.36. The number of benzene rings is 1. The smallest absolute Gasteiger partial charge is 0.251 e. The van der Waals surface area contributed by atoms with E-state index in [9.17, 15) is 9.59 Å². The van der Waals surface area contributed by atoms with Gasteiger partial charge in [-0.2, -0.15) is 0 Å². The van der Waals surface area contributed by atoms with Gasteiger partial charge in [-0.15, -0.1) is 0 Å². The fraction of sp³-hybridized carbons (Fsp3) is 0.200. The van der Waals surface area contributed by atoms with Crippen molar-refractivity contribution in [2.75, 3.05) is 13.3 Å². The molecule has 2 amide bonds. The van der Waals surface area contributed by atoms with Crippen molar-refractivity contribution >= 4 is 11.8 Å². The number of primary amides is 1. The maximum Gasteiger partial charge on any atom is 0.251 e. The van der Waals surface area contributed by atoms with Crippen LogP contribution in [0.1, 0.15) is 10.4 Å². The fourth-order valence-corrected chi connectivity index (χ4v) is 1.31. The predicted octanol–water partition coefficient (Wildman–Crippen LogP) is -0.370. The van der Waals surface area contributed by atoms with Gasteiger partial charge in [-0.3, -0.25) is 9.59 Å². The zero-order chi connectivity index (χ0) is 11.5. The summed E-state index contributed by atoms with van der Waals surface area (Å²) in [5.41, 5.74) is 5.30. The lowest BCUT2D eigenvalue weighted by Gasteiger charge is -2.03. The summed E-state index contributed by atoms with van der Waals surface area (Å²) in [5, 5.41) is 2.38. The van der Waals surface area contributed by atoms with Crippen molar-refractivity contribution in [1.82, 2.24) is 5.32 Å². The number of amides is 2. The first-order valence-corrected chi connectivity index (χ1v) is 4.63. The molecule has 1 heterocycles. The number of fused-ring (bicyclic) bond motifs is 1. The van der Waals surface area contributed by atoms with Gasteiger partial charge >= 0.3 is 0 Å². The van der Waals surface area contributed by atoms with Gasteiger partial charge in [0.1, 0.15) is 0 Å². The Bertz CT molecular complexity index is 444. The van der Waals surface area contributed by atoms with E-state index in [0.29, 0.717) is 17.1 Å². The van der Waals surface area contributed by atoms with E-state index in [1.807, 2.05) is 0 Å². The van der Waals surface area contributed by atoms with Crippen molar-refractivity contribution in [3.8, 4) is 11.5 Å². The minimum absolute atomic E-state index is 0.154. The third-order valence-electron chi connectivity index (χ3n) is 2.06. The Morgan fingerprint density at radius 3 is 2.81 bits per heavy atom. The molecule has 0 unspecified atom stereocenters. The SMILES string of the molecule is NC(=O)CNC(=O)c1ccc2c(c1)OCO2. The largest absolute Gasteiger partial charge is 0.454 e. The Hall–Kier alpha value is -2.24. The molecule has 0 spiro atoms. The summed E-state index contributed by atoms with van der Waals surface area (Å²) in [6.07, 6.45) is 0. The molecule has 16 heavy (non-hydrogen) atoms. The molecule has 0 aliphatic carbocycles. The molecule has 84 valence electrons. The van der Waals surface area contributed by atoms with Crippen molar-refractivity contribution in [2.24, 2.45) is 5.73 Å². The van der Waals surface area contributed by atoms with Crippen molar-refractivity contribution in [2.45, 2.75) is 0 Å². The topological polar surface area (TPSA) is 90.7 Å². The van der Waals surface area contributed by atoms with E-state index in [0.717, 1.165) is 0 Å². The van der Waals surface area contributed by atoms with E-state index in [4.69, 9.17) is 15.2 Å². The molecular weight excluding hydrogens is 212 g/mol. The summed E-state index contributed by atoms with van der Waals surface area (Å²) in [7, 11) is 0. The number of nitrogens with two attached hydrogens (primary N) is 1. The molecule has 1 aliphatic heterocycles. The highest BCUT2D eigenvalue weighted by molar-refractivity contribution is 5.96. The fourth-order valence-electron chi connectivity index (χ4n) is 1.31. The van der Waals surface area contributed by atoms with Crippen LogP contribution >= 0.6 is 0 Å². The molecule has 0 bridgehead atoms. The van der Waals surface area contributed by atoms with Crippen LogP contribution in [-0.4, -0.2) is 25.2 Å². The lowest BCUT2D eigenvalue weighted by atomic mass is 10.2. The molecule has 3 N–H and O–H groups in total. The molecule has 1 aliphatic rings. The molecule has 0 fully saturated rings. The maximum atomic E-state index is 11.5. The van der Waals surface area contributed by atoms with Crippen molar-refractivity contribution in [3.63, 3.8) is 0 Å². The van der Waals surface area contributed by atoms with Crippen LogP contribution < -0.4 is 20.5 Å². The molecule has 6 nitrogen and oxygen atoms in total. The molecule has 6 heteroatoms. The molecule has 1 aromatic carbocycles. The summed E-state index contributed by atoms with van der Waals surface area (Å²) >= 11 is 0. The number of hydrogen-bond acceptors (Lipinski definition) is 4. The summed E-state index contributed by atoms with van der Waals surface area (Å²) in [6.45, 7) is -0.0328. The van der Waals surface area contributed by atoms with Gasteiger partial charge in [-0.25, -0.2) is 0 Å². The first-order valence-electron chi connectivity index (χ1n) is 4.63. The van der Waals surface area contributed by atoms with E-state index in [-0.39, 0.29) is 19.2 Å². The second-order valence-electron chi connectivity index (χ2n) is 3.22. The minimum Gasteiger partial charge on any atom is -0.454 e. The zero-order valence-electron chi connectivity index (χ0n) is 8.36. The Balaban J connectivity index is 2.09. The third-order valence-corrected chi connectivity index (χ3v) is 2.06. The Kier molecular flexibility index (Phi) is 2.63. The van der Waals surface area contributed by atoms with Crippen molar-refractivity contribution in [1.29, 1.82) is 0 Å². The molecule has 0 saturated heterocycles. The monoisotopic (exact) mass is 222 g/mol. The molecular formula is C10H10N2O4. The minimum atomic E-state index is -0.589. The average Bonchev–Trinajstić information content (AvgIpc) is 2.72. The first kappa shape index (κ1) is 10.3.